The molecule has 46 heavy (non-hydrogen) atoms. The molecular formula is C33H37ClN8O4. The van der Waals surface area contributed by atoms with Crippen molar-refractivity contribution in [3.63, 3.8) is 0 Å². The van der Waals surface area contributed by atoms with Gasteiger partial charge in [0.1, 0.15) is 11.4 Å². The Bertz CT molecular complexity index is 2080. The smallest absolute Gasteiger partial charge is 0.407 e. The number of aryl methyl sites for hydroxylation is 2. The zero-order valence-electron chi connectivity index (χ0n) is 26.6. The molecule has 2 aromatic carbocycles. The average molecular weight is 645 g/mol. The summed E-state index contributed by atoms with van der Waals surface area (Å²) in [7, 11) is 1.60. The Morgan fingerprint density at radius 2 is 1.76 bits per heavy atom. The number of nitrogens with one attached hydrogen (secondary N) is 1. The molecule has 240 valence electrons. The number of benzene rings is 2. The van der Waals surface area contributed by atoms with Crippen molar-refractivity contribution >= 4 is 45.7 Å². The number of para-hydroxylation sites is 1. The summed E-state index contributed by atoms with van der Waals surface area (Å²) in [5.41, 5.74) is 1.16. The summed E-state index contributed by atoms with van der Waals surface area (Å²) in [5.74, 6) is 0.868. The van der Waals surface area contributed by atoms with Crippen molar-refractivity contribution < 1.29 is 9.53 Å². The van der Waals surface area contributed by atoms with E-state index in [0.29, 0.717) is 29.9 Å². The number of alkyl carbamates (subject to hydrolysis) is 1. The summed E-state index contributed by atoms with van der Waals surface area (Å²) < 4.78 is 9.85. The van der Waals surface area contributed by atoms with Gasteiger partial charge in [0, 0.05) is 42.3 Å². The van der Waals surface area contributed by atoms with Crippen molar-refractivity contribution in [2.24, 2.45) is 7.05 Å². The van der Waals surface area contributed by atoms with Crippen LogP contribution < -0.4 is 21.5 Å². The Morgan fingerprint density at radius 1 is 1.02 bits per heavy atom. The molecule has 1 fully saturated rings. The highest BCUT2D eigenvalue weighted by Crippen LogP contribution is 2.27. The first kappa shape index (κ1) is 31.3. The maximum atomic E-state index is 14.3. The van der Waals surface area contributed by atoms with Gasteiger partial charge >= 0.3 is 11.8 Å². The molecule has 6 rings (SSSR count). The molecule has 0 radical (unpaired) electrons. The van der Waals surface area contributed by atoms with Gasteiger partial charge in [0.2, 0.25) is 5.95 Å². The number of hydrogen-bond acceptors (Lipinski definition) is 8. The number of carbonyl (C=O) groups is 1. The third kappa shape index (κ3) is 6.21. The van der Waals surface area contributed by atoms with Gasteiger partial charge in [-0.3, -0.25) is 18.5 Å². The monoisotopic (exact) mass is 644 g/mol. The minimum absolute atomic E-state index is 0.106. The molecule has 1 atom stereocenters. The second kappa shape index (κ2) is 12.2. The number of piperidine rings is 1. The molecule has 1 aliphatic heterocycles. The van der Waals surface area contributed by atoms with E-state index in [0.717, 1.165) is 39.6 Å². The summed E-state index contributed by atoms with van der Waals surface area (Å²) in [6.45, 7) is 8.56. The van der Waals surface area contributed by atoms with E-state index in [9.17, 15) is 14.4 Å². The molecule has 1 aliphatic rings. The van der Waals surface area contributed by atoms with Crippen molar-refractivity contribution in [2.45, 2.75) is 65.3 Å². The standard InChI is InChI=1S/C33H37ClN8O4/c1-20-23-13-7-9-15-25(23)37-26(35-20)19-42-29(43)27-28(39(5)32(42)45)38-30(41(27)17-21-11-6-8-14-24(21)34)40-16-10-12-22(18-40)36-31(44)46-33(2,3)4/h6-9,11,13-15,22H,10,12,16-19H2,1-5H3,(H,36,44)/t22-/m1/s1. The number of aromatic nitrogens is 6. The molecular weight excluding hydrogens is 608 g/mol. The predicted octanol–water partition coefficient (Wildman–Crippen LogP) is 4.39. The summed E-state index contributed by atoms with van der Waals surface area (Å²) in [6.07, 6.45) is 1.05. The molecule has 0 spiro atoms. The number of imidazole rings is 1. The summed E-state index contributed by atoms with van der Waals surface area (Å²) in [5, 5.41) is 4.43. The first-order chi connectivity index (χ1) is 21.9. The van der Waals surface area contributed by atoms with E-state index < -0.39 is 22.9 Å². The Morgan fingerprint density at radius 3 is 2.52 bits per heavy atom. The molecule has 0 saturated carbocycles. The molecule has 5 aromatic rings. The van der Waals surface area contributed by atoms with Gasteiger partial charge in [0.05, 0.1) is 18.6 Å². The fourth-order valence-electron chi connectivity index (χ4n) is 5.95. The number of carbonyl (C=O) groups excluding carboxylic acids is 1. The minimum atomic E-state index is -0.622. The summed E-state index contributed by atoms with van der Waals surface area (Å²) in [4.78, 5) is 56.7. The SMILES string of the molecule is Cc1nc(Cn2c(=O)c3c(nc(N4CCC[C@@H](NC(=O)OC(C)(C)C)C4)n3Cc3ccccc3Cl)n(C)c2=O)nc2ccccc12. The van der Waals surface area contributed by atoms with Gasteiger partial charge in [-0.05, 0) is 58.2 Å². The minimum Gasteiger partial charge on any atom is -0.444 e. The van der Waals surface area contributed by atoms with E-state index in [1.54, 1.807) is 13.1 Å². The normalized spacial score (nSPS) is 15.4. The number of halogens is 1. The van der Waals surface area contributed by atoms with Gasteiger partial charge in [-0.2, -0.15) is 4.98 Å². The average Bonchev–Trinajstić information content (AvgIpc) is 3.38. The highest BCUT2D eigenvalue weighted by atomic mass is 35.5. The Hall–Kier alpha value is -4.71. The van der Waals surface area contributed by atoms with Crippen LogP contribution in [-0.4, -0.2) is 59.5 Å². The molecule has 4 heterocycles. The number of amides is 1. The first-order valence-corrected chi connectivity index (χ1v) is 15.7. The first-order valence-electron chi connectivity index (χ1n) is 15.3. The number of nitrogens with zero attached hydrogens (tertiary/aromatic N) is 7. The zero-order chi connectivity index (χ0) is 32.7. The van der Waals surface area contributed by atoms with Crippen molar-refractivity contribution in [3.05, 3.63) is 91.5 Å². The van der Waals surface area contributed by atoms with Crippen LogP contribution in [-0.2, 0) is 24.9 Å². The van der Waals surface area contributed by atoms with E-state index >= 15 is 0 Å². The van der Waals surface area contributed by atoms with Crippen LogP contribution in [0.1, 0.15) is 50.7 Å². The highest BCUT2D eigenvalue weighted by molar-refractivity contribution is 6.31. The lowest BCUT2D eigenvalue weighted by Crippen LogP contribution is -2.49. The maximum Gasteiger partial charge on any atom is 0.407 e. The summed E-state index contributed by atoms with van der Waals surface area (Å²) >= 11 is 6.60. The van der Waals surface area contributed by atoms with Crippen LogP contribution in [0.15, 0.2) is 58.1 Å². The third-order valence-corrected chi connectivity index (χ3v) is 8.43. The Labute approximate surface area is 270 Å². The van der Waals surface area contributed by atoms with Gasteiger partial charge in [-0.15, -0.1) is 0 Å². The lowest BCUT2D eigenvalue weighted by molar-refractivity contribution is 0.0499. The van der Waals surface area contributed by atoms with E-state index in [1.165, 1.54) is 4.57 Å². The molecule has 1 N–H and O–H groups in total. The van der Waals surface area contributed by atoms with Crippen molar-refractivity contribution in [1.29, 1.82) is 0 Å². The molecule has 0 bridgehead atoms. The van der Waals surface area contributed by atoms with Crippen LogP contribution in [0.3, 0.4) is 0 Å². The summed E-state index contributed by atoms with van der Waals surface area (Å²) in [6, 6.07) is 14.8. The molecule has 0 aliphatic carbocycles. The Kier molecular flexibility index (Phi) is 8.32. The number of anilines is 1. The molecule has 3 aromatic heterocycles. The van der Waals surface area contributed by atoms with E-state index in [4.69, 9.17) is 21.3 Å². The fraction of sp³-hybridized carbons (Fsp3) is 0.394. The fourth-order valence-corrected chi connectivity index (χ4v) is 6.14. The quantitative estimate of drug-likeness (QED) is 0.288. The van der Waals surface area contributed by atoms with Gasteiger partial charge in [0.25, 0.3) is 5.56 Å². The molecule has 1 amide bonds. The second-order valence-electron chi connectivity index (χ2n) is 12.7. The van der Waals surface area contributed by atoms with E-state index in [-0.39, 0.29) is 30.3 Å². The zero-order valence-corrected chi connectivity index (χ0v) is 27.3. The molecule has 0 unspecified atom stereocenters. The number of fused-ring (bicyclic) bond motifs is 2. The number of hydrogen-bond donors (Lipinski definition) is 1. The van der Waals surface area contributed by atoms with E-state index in [1.807, 2.05) is 79.6 Å². The van der Waals surface area contributed by atoms with Crippen LogP contribution in [0.5, 0.6) is 0 Å². The van der Waals surface area contributed by atoms with Crippen LogP contribution in [0.25, 0.3) is 22.1 Å². The highest BCUT2D eigenvalue weighted by Gasteiger charge is 2.29. The molecule has 1 saturated heterocycles. The van der Waals surface area contributed by atoms with Gasteiger partial charge in [-0.25, -0.2) is 19.6 Å². The predicted molar refractivity (Wildman–Crippen MR) is 178 cm³/mol. The van der Waals surface area contributed by atoms with Crippen LogP contribution in [0.4, 0.5) is 10.7 Å². The van der Waals surface area contributed by atoms with Crippen LogP contribution in [0, 0.1) is 6.92 Å². The van der Waals surface area contributed by atoms with Crippen molar-refractivity contribution in [3.8, 4) is 0 Å². The maximum absolute atomic E-state index is 14.3. The second-order valence-corrected chi connectivity index (χ2v) is 13.1. The van der Waals surface area contributed by atoms with Gasteiger partial charge in [-0.1, -0.05) is 48.0 Å². The Balaban J connectivity index is 1.45. The lowest BCUT2D eigenvalue weighted by atomic mass is 10.1. The third-order valence-electron chi connectivity index (χ3n) is 8.06. The van der Waals surface area contributed by atoms with Gasteiger partial charge < -0.3 is 15.0 Å². The van der Waals surface area contributed by atoms with Crippen LogP contribution in [0.2, 0.25) is 5.02 Å². The molecule has 12 nitrogen and oxygen atoms in total. The van der Waals surface area contributed by atoms with Crippen LogP contribution >= 0.6 is 11.6 Å². The number of ether oxygens (including phenoxy) is 1. The van der Waals surface area contributed by atoms with Gasteiger partial charge in [0.15, 0.2) is 11.2 Å². The number of rotatable bonds is 6. The molecule has 13 heteroatoms. The largest absolute Gasteiger partial charge is 0.444 e. The lowest BCUT2D eigenvalue weighted by Gasteiger charge is -2.34. The van der Waals surface area contributed by atoms with Crippen molar-refractivity contribution in [1.82, 2.24) is 34.0 Å². The van der Waals surface area contributed by atoms with E-state index in [2.05, 4.69) is 15.3 Å². The van der Waals surface area contributed by atoms with Crippen molar-refractivity contribution in [2.75, 3.05) is 18.0 Å². The topological polar surface area (TPSA) is 129 Å².